The molecule has 0 bridgehead atoms. The molecular formula is C22H17IN2O5. The highest BCUT2D eigenvalue weighted by Crippen LogP contribution is 2.49. The molecule has 0 radical (unpaired) electrons. The van der Waals surface area contributed by atoms with Crippen LogP contribution < -0.4 is 29.4 Å². The molecule has 2 heterocycles. The molecule has 0 saturated heterocycles. The molecular weight excluding hydrogens is 499 g/mol. The van der Waals surface area contributed by atoms with Gasteiger partial charge in [-0.1, -0.05) is 5.92 Å². The van der Waals surface area contributed by atoms with E-state index in [0.717, 1.165) is 14.7 Å². The summed E-state index contributed by atoms with van der Waals surface area (Å²) in [6.45, 7) is 2.57. The van der Waals surface area contributed by atoms with Crippen LogP contribution in [-0.4, -0.2) is 20.0 Å². The summed E-state index contributed by atoms with van der Waals surface area (Å²) in [6, 6.07) is 9.50. The Morgan fingerprint density at radius 1 is 1.20 bits per heavy atom. The molecule has 0 aromatic heterocycles. The Labute approximate surface area is 187 Å². The minimum atomic E-state index is -0.470. The van der Waals surface area contributed by atoms with Crippen molar-refractivity contribution in [1.82, 2.24) is 0 Å². The molecule has 1 atom stereocenters. The van der Waals surface area contributed by atoms with Gasteiger partial charge in [0.25, 0.3) is 0 Å². The van der Waals surface area contributed by atoms with E-state index < -0.39 is 5.92 Å². The van der Waals surface area contributed by atoms with E-state index in [1.807, 2.05) is 25.1 Å². The largest absolute Gasteiger partial charge is 0.490 e. The number of benzene rings is 2. The van der Waals surface area contributed by atoms with E-state index in [1.165, 1.54) is 0 Å². The van der Waals surface area contributed by atoms with Gasteiger partial charge in [0.2, 0.25) is 12.7 Å². The predicted octanol–water partition coefficient (Wildman–Crippen LogP) is 3.65. The first-order valence-electron chi connectivity index (χ1n) is 9.11. The van der Waals surface area contributed by atoms with E-state index >= 15 is 0 Å². The Bertz CT molecular complexity index is 1130. The molecule has 8 heteroatoms. The molecule has 2 N–H and O–H groups in total. The predicted molar refractivity (Wildman–Crippen MR) is 117 cm³/mol. The van der Waals surface area contributed by atoms with E-state index in [1.54, 1.807) is 6.07 Å². The fourth-order valence-corrected chi connectivity index (χ4v) is 4.24. The van der Waals surface area contributed by atoms with Crippen molar-refractivity contribution in [2.75, 3.05) is 20.0 Å². The summed E-state index contributed by atoms with van der Waals surface area (Å²) >= 11 is 2.16. The molecule has 0 amide bonds. The molecule has 0 aliphatic carbocycles. The SMILES string of the molecule is C#CCOc1c(I)cc([C@H]2C(C#N)=C(N)Oc3cc4c(cc32)OCO4)cc1OCC. The Balaban J connectivity index is 1.89. The molecule has 7 nitrogen and oxygen atoms in total. The third kappa shape index (κ3) is 3.44. The highest BCUT2D eigenvalue weighted by Gasteiger charge is 2.34. The van der Waals surface area contributed by atoms with E-state index in [-0.39, 0.29) is 19.3 Å². The number of halogens is 1. The number of allylic oxidation sites excluding steroid dienone is 1. The Morgan fingerprint density at radius 2 is 1.97 bits per heavy atom. The molecule has 0 saturated carbocycles. The minimum Gasteiger partial charge on any atom is -0.490 e. The second kappa shape index (κ2) is 8.25. The van der Waals surface area contributed by atoms with Crippen LogP contribution >= 0.6 is 22.6 Å². The first-order chi connectivity index (χ1) is 14.6. The van der Waals surface area contributed by atoms with Crippen molar-refractivity contribution in [3.8, 4) is 47.2 Å². The van der Waals surface area contributed by atoms with Gasteiger partial charge in [-0.05, 0) is 53.3 Å². The summed E-state index contributed by atoms with van der Waals surface area (Å²) in [6.07, 6.45) is 5.34. The van der Waals surface area contributed by atoms with Crippen molar-refractivity contribution in [2.45, 2.75) is 12.8 Å². The van der Waals surface area contributed by atoms with Crippen molar-refractivity contribution in [3.63, 3.8) is 0 Å². The lowest BCUT2D eigenvalue weighted by Gasteiger charge is -2.27. The van der Waals surface area contributed by atoms with Gasteiger partial charge in [0.1, 0.15) is 24.0 Å². The lowest BCUT2D eigenvalue weighted by molar-refractivity contribution is 0.174. The van der Waals surface area contributed by atoms with Gasteiger partial charge >= 0.3 is 0 Å². The standard InChI is InChI=1S/C22H17IN2O5/c1-3-5-27-21-15(23)6-12(7-19(21)26-4-2)20-13-8-17-18(29-11-28-17)9-16(13)30-22(25)14(20)10-24/h1,6-9,20H,4-5,11,25H2,2H3/t20-/m1/s1. The zero-order chi connectivity index (χ0) is 21.3. The number of hydrogen-bond acceptors (Lipinski definition) is 7. The Morgan fingerprint density at radius 3 is 2.67 bits per heavy atom. The van der Waals surface area contributed by atoms with Crippen LogP contribution in [0.15, 0.2) is 35.7 Å². The molecule has 2 aromatic rings. The Hall–Kier alpha value is -3.24. The quantitative estimate of drug-likeness (QED) is 0.479. The lowest BCUT2D eigenvalue weighted by Crippen LogP contribution is -2.21. The van der Waals surface area contributed by atoms with Crippen LogP contribution in [-0.2, 0) is 0 Å². The zero-order valence-corrected chi connectivity index (χ0v) is 18.2. The zero-order valence-electron chi connectivity index (χ0n) is 16.0. The summed E-state index contributed by atoms with van der Waals surface area (Å²) in [7, 11) is 0. The number of nitrogens with two attached hydrogens (primary N) is 1. The fourth-order valence-electron chi connectivity index (χ4n) is 3.46. The van der Waals surface area contributed by atoms with Gasteiger partial charge in [0.15, 0.2) is 23.0 Å². The maximum absolute atomic E-state index is 9.82. The second-order valence-corrected chi connectivity index (χ2v) is 7.59. The minimum absolute atomic E-state index is 0.0505. The number of terminal acetylenes is 1. The summed E-state index contributed by atoms with van der Waals surface area (Å²) < 4.78 is 29.0. The van der Waals surface area contributed by atoms with Crippen LogP contribution in [0, 0.1) is 27.2 Å². The topological polar surface area (TPSA) is 96.0 Å². The van der Waals surface area contributed by atoms with Crippen molar-refractivity contribution in [1.29, 1.82) is 5.26 Å². The van der Waals surface area contributed by atoms with E-state index in [2.05, 4.69) is 34.6 Å². The summed E-state index contributed by atoms with van der Waals surface area (Å²) in [5.41, 5.74) is 7.95. The first kappa shape index (κ1) is 20.0. The van der Waals surface area contributed by atoms with Gasteiger partial charge < -0.3 is 29.4 Å². The first-order valence-corrected chi connectivity index (χ1v) is 10.2. The lowest BCUT2D eigenvalue weighted by atomic mass is 9.83. The molecule has 30 heavy (non-hydrogen) atoms. The smallest absolute Gasteiger partial charge is 0.231 e. The number of nitrogens with zero attached hydrogens (tertiary/aromatic N) is 1. The van der Waals surface area contributed by atoms with Crippen LogP contribution in [0.3, 0.4) is 0 Å². The van der Waals surface area contributed by atoms with Gasteiger partial charge in [0.05, 0.1) is 16.1 Å². The van der Waals surface area contributed by atoms with Crippen molar-refractivity contribution in [2.24, 2.45) is 5.73 Å². The number of rotatable bonds is 5. The molecule has 2 aromatic carbocycles. The van der Waals surface area contributed by atoms with Gasteiger partial charge in [0, 0.05) is 11.6 Å². The third-order valence-electron chi connectivity index (χ3n) is 4.68. The highest BCUT2D eigenvalue weighted by atomic mass is 127. The van der Waals surface area contributed by atoms with Crippen LogP contribution in [0.2, 0.25) is 0 Å². The molecule has 4 rings (SSSR count). The summed E-state index contributed by atoms with van der Waals surface area (Å²) in [4.78, 5) is 0. The summed E-state index contributed by atoms with van der Waals surface area (Å²) in [5.74, 6) is 4.82. The molecule has 152 valence electrons. The van der Waals surface area contributed by atoms with Crippen LogP contribution in [0.5, 0.6) is 28.7 Å². The van der Waals surface area contributed by atoms with Gasteiger partial charge in [-0.25, -0.2) is 0 Å². The Kier molecular flexibility index (Phi) is 5.51. The maximum atomic E-state index is 9.82. The van der Waals surface area contributed by atoms with Crippen LogP contribution in [0.25, 0.3) is 0 Å². The van der Waals surface area contributed by atoms with Gasteiger partial charge in [-0.3, -0.25) is 0 Å². The van der Waals surface area contributed by atoms with Crippen molar-refractivity contribution in [3.05, 3.63) is 50.4 Å². The summed E-state index contributed by atoms with van der Waals surface area (Å²) in [5, 5.41) is 9.82. The third-order valence-corrected chi connectivity index (χ3v) is 5.48. The number of nitriles is 1. The maximum Gasteiger partial charge on any atom is 0.231 e. The molecule has 0 unspecified atom stereocenters. The highest BCUT2D eigenvalue weighted by molar-refractivity contribution is 14.1. The number of ether oxygens (including phenoxy) is 5. The van der Waals surface area contributed by atoms with Crippen molar-refractivity contribution >= 4 is 22.6 Å². The van der Waals surface area contributed by atoms with Crippen molar-refractivity contribution < 1.29 is 23.7 Å². The number of hydrogen-bond donors (Lipinski definition) is 1. The number of fused-ring (bicyclic) bond motifs is 2. The molecule has 0 spiro atoms. The van der Waals surface area contributed by atoms with E-state index in [4.69, 9.17) is 35.8 Å². The van der Waals surface area contributed by atoms with Gasteiger partial charge in [-0.2, -0.15) is 5.26 Å². The van der Waals surface area contributed by atoms with Crippen LogP contribution in [0.4, 0.5) is 0 Å². The fraction of sp³-hybridized carbons (Fsp3) is 0.227. The second-order valence-electron chi connectivity index (χ2n) is 6.42. The average molecular weight is 516 g/mol. The molecule has 2 aliphatic heterocycles. The van der Waals surface area contributed by atoms with Gasteiger partial charge in [-0.15, -0.1) is 6.42 Å². The molecule has 0 fully saturated rings. The van der Waals surface area contributed by atoms with E-state index in [0.29, 0.717) is 40.9 Å². The van der Waals surface area contributed by atoms with Crippen LogP contribution in [0.1, 0.15) is 24.0 Å². The monoisotopic (exact) mass is 516 g/mol. The van der Waals surface area contributed by atoms with E-state index in [9.17, 15) is 5.26 Å². The molecule has 2 aliphatic rings. The average Bonchev–Trinajstić information content (AvgIpc) is 3.18. The normalized spacial score (nSPS) is 16.2.